The molecule has 0 amide bonds. The summed E-state index contributed by atoms with van der Waals surface area (Å²) in [7, 11) is 3.27. The van der Waals surface area contributed by atoms with Crippen molar-refractivity contribution < 1.29 is 13.2 Å². The smallest absolute Gasteiger partial charge is 0.319 e. The highest BCUT2D eigenvalue weighted by Crippen LogP contribution is 2.28. The fourth-order valence-electron chi connectivity index (χ4n) is 1.13. The van der Waals surface area contributed by atoms with Gasteiger partial charge in [-0.2, -0.15) is 18.3 Å². The molecular formula is C8H12F3N3. The Labute approximate surface area is 79.9 Å². The van der Waals surface area contributed by atoms with E-state index in [2.05, 4.69) is 10.4 Å². The van der Waals surface area contributed by atoms with Crippen molar-refractivity contribution in [3.8, 4) is 0 Å². The summed E-state index contributed by atoms with van der Waals surface area (Å²) in [5.41, 5.74) is -0.252. The molecule has 1 aromatic heterocycles. The summed E-state index contributed by atoms with van der Waals surface area (Å²) in [6.45, 7) is 0.636. The second kappa shape index (κ2) is 4.00. The Kier molecular flexibility index (Phi) is 3.15. The van der Waals surface area contributed by atoms with E-state index < -0.39 is 11.9 Å². The van der Waals surface area contributed by atoms with Gasteiger partial charge in [-0.1, -0.05) is 0 Å². The number of hydrogen-bond acceptors (Lipinski definition) is 2. The van der Waals surface area contributed by atoms with Crippen molar-refractivity contribution in [3.63, 3.8) is 0 Å². The molecule has 0 atom stereocenters. The van der Waals surface area contributed by atoms with Crippen LogP contribution in [0.15, 0.2) is 6.07 Å². The van der Waals surface area contributed by atoms with Crippen LogP contribution in [0.3, 0.4) is 0 Å². The van der Waals surface area contributed by atoms with Crippen molar-refractivity contribution in [2.45, 2.75) is 12.6 Å². The van der Waals surface area contributed by atoms with Gasteiger partial charge in [-0.25, -0.2) is 0 Å². The molecule has 3 nitrogen and oxygen atoms in total. The first kappa shape index (κ1) is 11.0. The van der Waals surface area contributed by atoms with Crippen LogP contribution in [0.1, 0.15) is 11.4 Å². The summed E-state index contributed by atoms with van der Waals surface area (Å²) in [6, 6.07) is 1.08. The lowest BCUT2D eigenvalue weighted by Gasteiger charge is -1.99. The van der Waals surface area contributed by atoms with E-state index in [1.165, 1.54) is 11.7 Å². The van der Waals surface area contributed by atoms with Crippen LogP contribution in [-0.2, 0) is 19.6 Å². The maximum atomic E-state index is 12.2. The molecule has 0 aromatic carbocycles. The van der Waals surface area contributed by atoms with Crippen LogP contribution in [0.4, 0.5) is 13.2 Å². The van der Waals surface area contributed by atoms with Crippen molar-refractivity contribution in [2.75, 3.05) is 13.6 Å². The second-order valence-corrected chi connectivity index (χ2v) is 3.00. The highest BCUT2D eigenvalue weighted by Gasteiger charge is 2.34. The normalized spacial score (nSPS) is 12.1. The first-order chi connectivity index (χ1) is 6.45. The largest absolute Gasteiger partial charge is 0.435 e. The molecule has 1 aromatic rings. The molecular weight excluding hydrogens is 195 g/mol. The Morgan fingerprint density at radius 1 is 1.50 bits per heavy atom. The third-order valence-electron chi connectivity index (χ3n) is 1.90. The van der Waals surface area contributed by atoms with Crippen LogP contribution in [0.25, 0.3) is 0 Å². The van der Waals surface area contributed by atoms with Crippen molar-refractivity contribution in [3.05, 3.63) is 17.5 Å². The van der Waals surface area contributed by atoms with Crippen molar-refractivity contribution >= 4 is 0 Å². The van der Waals surface area contributed by atoms with Crippen LogP contribution in [0.2, 0.25) is 0 Å². The molecule has 0 bridgehead atoms. The third kappa shape index (κ3) is 2.47. The maximum Gasteiger partial charge on any atom is 0.435 e. The minimum absolute atomic E-state index is 0.538. The number of alkyl halides is 3. The van der Waals surface area contributed by atoms with Crippen LogP contribution in [-0.4, -0.2) is 23.4 Å². The lowest BCUT2D eigenvalue weighted by atomic mass is 10.3. The zero-order chi connectivity index (χ0) is 10.8. The van der Waals surface area contributed by atoms with Crippen LogP contribution in [0, 0.1) is 0 Å². The van der Waals surface area contributed by atoms with Gasteiger partial charge in [0.25, 0.3) is 0 Å². The van der Waals surface area contributed by atoms with Gasteiger partial charge in [0.2, 0.25) is 0 Å². The fourth-order valence-corrected chi connectivity index (χ4v) is 1.13. The monoisotopic (exact) mass is 207 g/mol. The van der Waals surface area contributed by atoms with Gasteiger partial charge in [0.15, 0.2) is 5.69 Å². The first-order valence-corrected chi connectivity index (χ1v) is 4.20. The molecule has 0 aliphatic heterocycles. The van der Waals surface area contributed by atoms with Gasteiger partial charge < -0.3 is 5.32 Å². The summed E-state index contributed by atoms with van der Waals surface area (Å²) in [5.74, 6) is 0. The quantitative estimate of drug-likeness (QED) is 0.807. The summed E-state index contributed by atoms with van der Waals surface area (Å²) >= 11 is 0. The van der Waals surface area contributed by atoms with E-state index in [4.69, 9.17) is 0 Å². The molecule has 80 valence electrons. The molecule has 6 heteroatoms. The number of halogens is 3. The third-order valence-corrected chi connectivity index (χ3v) is 1.90. The first-order valence-electron chi connectivity index (χ1n) is 4.20. The maximum absolute atomic E-state index is 12.2. The molecule has 0 saturated heterocycles. The van der Waals surface area contributed by atoms with Gasteiger partial charge in [-0.15, -0.1) is 0 Å². The van der Waals surface area contributed by atoms with Gasteiger partial charge in [0.05, 0.1) is 0 Å². The molecule has 0 spiro atoms. The molecule has 0 fully saturated rings. The SMILES string of the molecule is CNCCc1cc(C(F)(F)F)nn1C. The van der Waals surface area contributed by atoms with Crippen molar-refractivity contribution in [1.82, 2.24) is 15.1 Å². The lowest BCUT2D eigenvalue weighted by Crippen LogP contribution is -2.12. The van der Waals surface area contributed by atoms with Crippen molar-refractivity contribution in [1.29, 1.82) is 0 Å². The van der Waals surface area contributed by atoms with Crippen LogP contribution < -0.4 is 5.32 Å². The molecule has 0 saturated carbocycles. The highest BCUT2D eigenvalue weighted by molar-refractivity contribution is 5.13. The summed E-state index contributed by atoms with van der Waals surface area (Å²) in [5, 5.41) is 6.27. The van der Waals surface area contributed by atoms with E-state index in [1.54, 1.807) is 7.05 Å². The van der Waals surface area contributed by atoms with Gasteiger partial charge in [0, 0.05) is 25.7 Å². The predicted octanol–water partition coefficient (Wildman–Crippen LogP) is 1.20. The van der Waals surface area contributed by atoms with Crippen LogP contribution in [0.5, 0.6) is 0 Å². The number of nitrogens with one attached hydrogen (secondary N) is 1. The molecule has 14 heavy (non-hydrogen) atoms. The lowest BCUT2D eigenvalue weighted by molar-refractivity contribution is -0.141. The number of aromatic nitrogens is 2. The zero-order valence-electron chi connectivity index (χ0n) is 8.02. The predicted molar refractivity (Wildman–Crippen MR) is 45.8 cm³/mol. The van der Waals surface area contributed by atoms with E-state index >= 15 is 0 Å². The van der Waals surface area contributed by atoms with Gasteiger partial charge in [-0.05, 0) is 13.1 Å². The van der Waals surface area contributed by atoms with Gasteiger partial charge in [-0.3, -0.25) is 4.68 Å². The summed E-state index contributed by atoms with van der Waals surface area (Å²) in [4.78, 5) is 0. The van der Waals surface area contributed by atoms with E-state index in [0.717, 1.165) is 6.07 Å². The zero-order valence-corrected chi connectivity index (χ0v) is 8.02. The van der Waals surface area contributed by atoms with Gasteiger partial charge in [0.1, 0.15) is 0 Å². The second-order valence-electron chi connectivity index (χ2n) is 3.00. The van der Waals surface area contributed by atoms with Crippen LogP contribution >= 0.6 is 0 Å². The highest BCUT2D eigenvalue weighted by atomic mass is 19.4. The minimum atomic E-state index is -4.35. The molecule has 0 unspecified atom stereocenters. The average molecular weight is 207 g/mol. The molecule has 1 N–H and O–H groups in total. The van der Waals surface area contributed by atoms with Crippen molar-refractivity contribution in [2.24, 2.45) is 7.05 Å². The summed E-state index contributed by atoms with van der Waals surface area (Å²) < 4.78 is 37.9. The average Bonchev–Trinajstić information content (AvgIpc) is 2.43. The topological polar surface area (TPSA) is 29.9 Å². The Balaban J connectivity index is 2.82. The molecule has 0 radical (unpaired) electrons. The van der Waals surface area contributed by atoms with Gasteiger partial charge >= 0.3 is 6.18 Å². The number of rotatable bonds is 3. The Morgan fingerprint density at radius 2 is 2.14 bits per heavy atom. The molecule has 0 aliphatic rings. The van der Waals surface area contributed by atoms with E-state index in [-0.39, 0.29) is 0 Å². The standard InChI is InChI=1S/C8H12F3N3/c1-12-4-3-6-5-7(8(9,10)11)13-14(6)2/h5,12H,3-4H2,1-2H3. The number of hydrogen-bond donors (Lipinski definition) is 1. The Hall–Kier alpha value is -1.04. The Bertz CT molecular complexity index is 303. The van der Waals surface area contributed by atoms with E-state index in [9.17, 15) is 13.2 Å². The minimum Gasteiger partial charge on any atom is -0.319 e. The fraction of sp³-hybridized carbons (Fsp3) is 0.625. The number of aryl methyl sites for hydroxylation is 1. The summed E-state index contributed by atoms with van der Waals surface area (Å²) in [6.07, 6.45) is -3.81. The number of likely N-dealkylation sites (N-methyl/N-ethyl adjacent to an activating group) is 1. The Morgan fingerprint density at radius 3 is 2.57 bits per heavy atom. The molecule has 1 rings (SSSR count). The molecule has 1 heterocycles. The van der Waals surface area contributed by atoms with E-state index in [0.29, 0.717) is 18.7 Å². The molecule has 0 aliphatic carbocycles. The number of nitrogens with zero attached hydrogens (tertiary/aromatic N) is 2. The van der Waals surface area contributed by atoms with E-state index in [1.807, 2.05) is 0 Å².